The Labute approximate surface area is 66.1 Å². The van der Waals surface area contributed by atoms with Gasteiger partial charge in [0.15, 0.2) is 0 Å². The molecular formula is C8H12NS. The fourth-order valence-electron chi connectivity index (χ4n) is 0.728. The number of hydrogen-bond acceptors (Lipinski definition) is 2. The molecule has 2 heteroatoms. The standard InChI is InChI=1S/C8H12NS/c1-2-4-9-6-8-3-5-10-7-8/h3-5,7,9H,2,6H2,1H3. The zero-order chi connectivity index (χ0) is 7.23. The van der Waals surface area contributed by atoms with Gasteiger partial charge in [-0.25, -0.2) is 0 Å². The van der Waals surface area contributed by atoms with Gasteiger partial charge in [-0.3, -0.25) is 0 Å². The predicted molar refractivity (Wildman–Crippen MR) is 45.7 cm³/mol. The highest BCUT2D eigenvalue weighted by Crippen LogP contribution is 2.04. The molecule has 0 fully saturated rings. The first-order chi connectivity index (χ1) is 4.93. The van der Waals surface area contributed by atoms with E-state index in [-0.39, 0.29) is 0 Å². The molecule has 0 atom stereocenters. The van der Waals surface area contributed by atoms with Crippen LogP contribution in [0.15, 0.2) is 16.8 Å². The largest absolute Gasteiger partial charge is 0.308 e. The molecule has 1 heterocycles. The van der Waals surface area contributed by atoms with Crippen LogP contribution in [0.2, 0.25) is 0 Å². The first-order valence-corrected chi connectivity index (χ1v) is 4.44. The van der Waals surface area contributed by atoms with Crippen molar-refractivity contribution in [3.05, 3.63) is 28.9 Å². The highest BCUT2D eigenvalue weighted by atomic mass is 32.1. The summed E-state index contributed by atoms with van der Waals surface area (Å²) in [7, 11) is 0. The van der Waals surface area contributed by atoms with Gasteiger partial charge < -0.3 is 5.32 Å². The summed E-state index contributed by atoms with van der Waals surface area (Å²) in [6.07, 6.45) is 1.09. The van der Waals surface area contributed by atoms with Crippen LogP contribution >= 0.6 is 11.3 Å². The summed E-state index contributed by atoms with van der Waals surface area (Å²) >= 11 is 1.74. The van der Waals surface area contributed by atoms with Crippen LogP contribution in [-0.2, 0) is 6.54 Å². The van der Waals surface area contributed by atoms with E-state index in [1.165, 1.54) is 5.56 Å². The van der Waals surface area contributed by atoms with Crippen molar-refractivity contribution in [1.82, 2.24) is 5.32 Å². The van der Waals surface area contributed by atoms with Crippen LogP contribution in [0.5, 0.6) is 0 Å². The monoisotopic (exact) mass is 154 g/mol. The van der Waals surface area contributed by atoms with Gasteiger partial charge in [0.2, 0.25) is 0 Å². The Bertz CT molecular complexity index is 158. The van der Waals surface area contributed by atoms with Gasteiger partial charge in [0.05, 0.1) is 0 Å². The molecule has 0 saturated heterocycles. The predicted octanol–water partition coefficient (Wildman–Crippen LogP) is 2.41. The zero-order valence-electron chi connectivity index (χ0n) is 6.13. The Morgan fingerprint density at radius 2 is 2.60 bits per heavy atom. The third kappa shape index (κ3) is 2.50. The molecule has 0 saturated carbocycles. The number of nitrogens with one attached hydrogen (secondary N) is 1. The van der Waals surface area contributed by atoms with Crippen LogP contribution in [0.25, 0.3) is 0 Å². The minimum Gasteiger partial charge on any atom is -0.308 e. The Hall–Kier alpha value is -0.340. The normalized spacial score (nSPS) is 10.1. The molecule has 55 valence electrons. The fraction of sp³-hybridized carbons (Fsp3) is 0.375. The van der Waals surface area contributed by atoms with E-state index in [0.717, 1.165) is 13.0 Å². The van der Waals surface area contributed by atoms with Crippen molar-refractivity contribution in [1.29, 1.82) is 0 Å². The second-order valence-electron chi connectivity index (χ2n) is 2.12. The molecule has 1 aromatic heterocycles. The molecule has 0 bridgehead atoms. The van der Waals surface area contributed by atoms with Crippen LogP contribution in [0, 0.1) is 6.54 Å². The summed E-state index contributed by atoms with van der Waals surface area (Å²) in [6.45, 7) is 5.18. The van der Waals surface area contributed by atoms with E-state index in [4.69, 9.17) is 0 Å². The lowest BCUT2D eigenvalue weighted by Gasteiger charge is -1.97. The molecule has 0 amide bonds. The molecule has 0 aliphatic carbocycles. The maximum atomic E-state index is 3.22. The molecule has 1 aromatic rings. The van der Waals surface area contributed by atoms with E-state index in [0.29, 0.717) is 0 Å². The van der Waals surface area contributed by atoms with E-state index in [2.05, 4.69) is 35.6 Å². The van der Waals surface area contributed by atoms with Crippen molar-refractivity contribution in [2.75, 3.05) is 0 Å². The lowest BCUT2D eigenvalue weighted by molar-refractivity contribution is 0.766. The minimum atomic E-state index is 0.970. The average molecular weight is 154 g/mol. The topological polar surface area (TPSA) is 12.0 Å². The van der Waals surface area contributed by atoms with Gasteiger partial charge in [-0.2, -0.15) is 11.3 Å². The summed E-state index contributed by atoms with van der Waals surface area (Å²) in [5.41, 5.74) is 1.37. The van der Waals surface area contributed by atoms with E-state index in [9.17, 15) is 0 Å². The van der Waals surface area contributed by atoms with Gasteiger partial charge in [-0.15, -0.1) is 0 Å². The Balaban J connectivity index is 2.15. The molecule has 0 unspecified atom stereocenters. The Kier molecular flexibility index (Phi) is 3.47. The quantitative estimate of drug-likeness (QED) is 0.657. The van der Waals surface area contributed by atoms with Crippen LogP contribution in [0.3, 0.4) is 0 Å². The average Bonchev–Trinajstić information content (AvgIpc) is 2.41. The van der Waals surface area contributed by atoms with Crippen molar-refractivity contribution >= 4 is 11.3 Å². The first-order valence-electron chi connectivity index (χ1n) is 3.49. The Morgan fingerprint density at radius 3 is 3.20 bits per heavy atom. The van der Waals surface area contributed by atoms with E-state index < -0.39 is 0 Å². The molecule has 10 heavy (non-hydrogen) atoms. The van der Waals surface area contributed by atoms with Gasteiger partial charge in [-0.05, 0) is 28.8 Å². The lowest BCUT2D eigenvalue weighted by atomic mass is 10.3. The third-order valence-corrected chi connectivity index (χ3v) is 1.97. The first kappa shape index (κ1) is 7.76. The maximum absolute atomic E-state index is 3.22. The molecule has 0 aliphatic heterocycles. The van der Waals surface area contributed by atoms with Crippen molar-refractivity contribution in [2.45, 2.75) is 19.9 Å². The second kappa shape index (κ2) is 4.47. The van der Waals surface area contributed by atoms with E-state index >= 15 is 0 Å². The number of thiophene rings is 1. The van der Waals surface area contributed by atoms with E-state index in [1.807, 2.05) is 0 Å². The highest BCUT2D eigenvalue weighted by Gasteiger charge is 1.89. The van der Waals surface area contributed by atoms with Gasteiger partial charge in [0.25, 0.3) is 0 Å². The lowest BCUT2D eigenvalue weighted by Crippen LogP contribution is -2.07. The summed E-state index contributed by atoms with van der Waals surface area (Å²) in [4.78, 5) is 0. The Morgan fingerprint density at radius 1 is 1.70 bits per heavy atom. The molecule has 0 aromatic carbocycles. The van der Waals surface area contributed by atoms with Crippen molar-refractivity contribution in [3.63, 3.8) is 0 Å². The van der Waals surface area contributed by atoms with Crippen LogP contribution in [-0.4, -0.2) is 0 Å². The summed E-state index contributed by atoms with van der Waals surface area (Å²) in [5.74, 6) is 0. The summed E-state index contributed by atoms with van der Waals surface area (Å²) < 4.78 is 0. The van der Waals surface area contributed by atoms with Gasteiger partial charge in [-0.1, -0.05) is 6.92 Å². The van der Waals surface area contributed by atoms with Crippen LogP contribution < -0.4 is 5.32 Å². The zero-order valence-corrected chi connectivity index (χ0v) is 6.95. The third-order valence-electron chi connectivity index (χ3n) is 1.23. The maximum Gasteiger partial charge on any atom is 0.0221 e. The SMILES string of the molecule is CC[CH]NCc1ccsc1. The molecule has 1 radical (unpaired) electrons. The highest BCUT2D eigenvalue weighted by molar-refractivity contribution is 7.07. The molecule has 0 spiro atoms. The van der Waals surface area contributed by atoms with Crippen molar-refractivity contribution in [2.24, 2.45) is 0 Å². The van der Waals surface area contributed by atoms with Crippen molar-refractivity contribution in [3.8, 4) is 0 Å². The number of hydrogen-bond donors (Lipinski definition) is 1. The molecule has 1 nitrogen and oxygen atoms in total. The second-order valence-corrected chi connectivity index (χ2v) is 2.90. The van der Waals surface area contributed by atoms with Crippen LogP contribution in [0.1, 0.15) is 18.9 Å². The summed E-state index contributed by atoms with van der Waals surface area (Å²) in [6, 6.07) is 2.14. The molecular weight excluding hydrogens is 142 g/mol. The number of rotatable bonds is 4. The molecule has 1 rings (SSSR count). The van der Waals surface area contributed by atoms with Crippen molar-refractivity contribution < 1.29 is 0 Å². The fourth-order valence-corrected chi connectivity index (χ4v) is 1.40. The van der Waals surface area contributed by atoms with E-state index in [1.54, 1.807) is 11.3 Å². The molecule has 0 aliphatic rings. The minimum absolute atomic E-state index is 0.970. The molecule has 1 N–H and O–H groups in total. The summed E-state index contributed by atoms with van der Waals surface area (Å²) in [5, 5.41) is 7.48. The van der Waals surface area contributed by atoms with Gasteiger partial charge in [0, 0.05) is 13.1 Å². The van der Waals surface area contributed by atoms with Crippen LogP contribution in [0.4, 0.5) is 0 Å². The van der Waals surface area contributed by atoms with Gasteiger partial charge in [0.1, 0.15) is 0 Å². The van der Waals surface area contributed by atoms with Gasteiger partial charge >= 0.3 is 0 Å². The smallest absolute Gasteiger partial charge is 0.0221 e.